The summed E-state index contributed by atoms with van der Waals surface area (Å²) in [7, 11) is 0. The fourth-order valence-corrected chi connectivity index (χ4v) is 15.3. The van der Waals surface area contributed by atoms with Crippen LogP contribution in [-0.2, 0) is 0 Å². The van der Waals surface area contributed by atoms with Crippen molar-refractivity contribution in [2.45, 2.75) is 0 Å². The molecule has 322 valence electrons. The van der Waals surface area contributed by atoms with Crippen molar-refractivity contribution in [2.24, 2.45) is 0 Å². The second-order valence-corrected chi connectivity index (χ2v) is 21.3. The van der Waals surface area contributed by atoms with Gasteiger partial charge in [0.15, 0.2) is 0 Å². The molecule has 0 aliphatic carbocycles. The number of aromatic nitrogens is 3. The van der Waals surface area contributed by atoms with Crippen LogP contribution in [-0.4, -0.2) is 13.7 Å². The molecule has 0 fully saturated rings. The van der Waals surface area contributed by atoms with E-state index in [1.807, 2.05) is 6.07 Å². The Labute approximate surface area is 409 Å². The van der Waals surface area contributed by atoms with Crippen molar-refractivity contribution in [3.8, 4) is 29.2 Å². The molecule has 8 heteroatoms. The van der Waals surface area contributed by atoms with Gasteiger partial charge in [-0.05, 0) is 60.7 Å². The summed E-state index contributed by atoms with van der Waals surface area (Å²) in [6.45, 7) is 0. The molecule has 6 aromatic heterocycles. The van der Waals surface area contributed by atoms with E-state index >= 15 is 0 Å². The Balaban J connectivity index is 1.20. The highest BCUT2D eigenvalue weighted by Gasteiger charge is 2.31. The highest BCUT2D eigenvalue weighted by molar-refractivity contribution is 7.26. The van der Waals surface area contributed by atoms with Crippen LogP contribution < -0.4 is 0 Å². The first-order valence-electron chi connectivity index (χ1n) is 23.2. The maximum absolute atomic E-state index is 12.4. The number of hydrogen-bond donors (Lipinski definition) is 0. The fraction of sp³-hybridized carbons (Fsp3) is 0. The van der Waals surface area contributed by atoms with Crippen molar-refractivity contribution in [2.75, 3.05) is 0 Å². The van der Waals surface area contributed by atoms with Gasteiger partial charge in [-0.25, -0.2) is 0 Å². The van der Waals surface area contributed by atoms with Gasteiger partial charge in [0.1, 0.15) is 17.7 Å². The highest BCUT2D eigenvalue weighted by atomic mass is 32.1. The second-order valence-electron chi connectivity index (χ2n) is 18.1. The summed E-state index contributed by atoms with van der Waals surface area (Å²) in [5, 5.41) is 37.9. The van der Waals surface area contributed by atoms with Crippen LogP contribution in [0.4, 0.5) is 0 Å². The molecule has 0 amide bonds. The molecule has 16 rings (SSSR count). The van der Waals surface area contributed by atoms with E-state index < -0.39 is 0 Å². The Kier molecular flexibility index (Phi) is 7.60. The minimum absolute atomic E-state index is 0.463. The molecule has 5 nitrogen and oxygen atoms in total. The third kappa shape index (κ3) is 4.82. The molecule has 0 saturated heterocycles. The summed E-state index contributed by atoms with van der Waals surface area (Å²) in [4.78, 5) is 0. The van der Waals surface area contributed by atoms with Gasteiger partial charge in [-0.1, -0.05) is 127 Å². The SMILES string of the molecule is N#Cc1cc(-n2c3ccccc3c3ccc4sc5ccccc5c4c32)c(C#N)c(-n2c3ccccc3c3ccc4sc5ccccc5c4c32)c1-n1c2ccccc2c2ccc3sc4ccccc4c3c21. The van der Waals surface area contributed by atoms with Gasteiger partial charge < -0.3 is 13.7 Å². The van der Waals surface area contributed by atoms with Gasteiger partial charge in [0.25, 0.3) is 0 Å². The molecule has 0 aliphatic rings. The van der Waals surface area contributed by atoms with Crippen LogP contribution in [0.3, 0.4) is 0 Å². The zero-order valence-electron chi connectivity index (χ0n) is 36.9. The van der Waals surface area contributed by atoms with E-state index in [4.69, 9.17) is 0 Å². The molecule has 0 saturated carbocycles. The third-order valence-corrected chi connectivity index (χ3v) is 18.1. The summed E-state index contributed by atoms with van der Waals surface area (Å²) < 4.78 is 14.0. The lowest BCUT2D eigenvalue weighted by Crippen LogP contribution is -2.12. The van der Waals surface area contributed by atoms with Gasteiger partial charge >= 0.3 is 0 Å². The van der Waals surface area contributed by atoms with Gasteiger partial charge in [-0.15, -0.1) is 34.0 Å². The minimum Gasteiger partial charge on any atom is -0.307 e. The van der Waals surface area contributed by atoms with Gasteiger partial charge in [-0.2, -0.15) is 10.5 Å². The predicted molar refractivity (Wildman–Crippen MR) is 298 cm³/mol. The number of fused-ring (bicyclic) bond motifs is 21. The molecule has 6 heterocycles. The fourth-order valence-electron chi connectivity index (χ4n) is 12.0. The smallest absolute Gasteiger partial charge is 0.104 e. The van der Waals surface area contributed by atoms with Crippen LogP contribution in [0.1, 0.15) is 11.1 Å². The number of nitriles is 2. The normalized spacial score (nSPS) is 12.3. The number of nitrogens with zero attached hydrogens (tertiary/aromatic N) is 5. The van der Waals surface area contributed by atoms with E-state index in [1.54, 1.807) is 34.0 Å². The summed E-state index contributed by atoms with van der Waals surface area (Å²) in [5.41, 5.74) is 8.86. The van der Waals surface area contributed by atoms with E-state index in [0.717, 1.165) is 102 Å². The molecule has 0 atom stereocenters. The largest absolute Gasteiger partial charge is 0.307 e. The summed E-state index contributed by atoms with van der Waals surface area (Å²) in [6.07, 6.45) is 0. The lowest BCUT2D eigenvalue weighted by Gasteiger charge is -2.23. The van der Waals surface area contributed by atoms with Crippen LogP contribution in [0.2, 0.25) is 0 Å². The third-order valence-electron chi connectivity index (χ3n) is 14.7. The summed E-state index contributed by atoms with van der Waals surface area (Å²) in [5.74, 6) is 0. The summed E-state index contributed by atoms with van der Waals surface area (Å²) >= 11 is 5.35. The maximum atomic E-state index is 12.4. The molecule has 16 aromatic rings. The minimum atomic E-state index is 0.463. The molecule has 0 spiro atoms. The Morgan fingerprint density at radius 1 is 0.314 bits per heavy atom. The standard InChI is InChI=1S/C62H31N5S3/c63-32-34-31-48(65-45-19-7-1-13-35(45)38-25-28-52-55(59(38)65)41-16-4-10-22-49(41)68-52)44(33-64)62(67-47-21-9-3-15-37(47)40-27-30-54-57(61(40)67)43-18-6-12-24-51(43)70-54)58(34)66-46-20-8-2-14-36(46)39-26-29-53-56(60(39)66)42-17-5-11-23-50(42)69-53/h1-31H. The van der Waals surface area contributed by atoms with Crippen molar-refractivity contribution >= 4 is 160 Å². The first-order chi connectivity index (χ1) is 34.7. The molecular weight excluding hydrogens is 911 g/mol. The van der Waals surface area contributed by atoms with E-state index in [-0.39, 0.29) is 0 Å². The van der Waals surface area contributed by atoms with E-state index in [1.165, 1.54) is 24.2 Å². The lowest BCUT2D eigenvalue weighted by atomic mass is 10.0. The van der Waals surface area contributed by atoms with Crippen molar-refractivity contribution in [1.29, 1.82) is 10.5 Å². The number of thiophene rings is 3. The van der Waals surface area contributed by atoms with Gasteiger partial charge in [0.2, 0.25) is 0 Å². The Morgan fingerprint density at radius 3 is 1.09 bits per heavy atom. The van der Waals surface area contributed by atoms with Crippen LogP contribution in [0.15, 0.2) is 188 Å². The van der Waals surface area contributed by atoms with Crippen molar-refractivity contribution < 1.29 is 0 Å². The summed E-state index contributed by atoms with van der Waals surface area (Å²) in [6, 6.07) is 72.7. The number of para-hydroxylation sites is 3. The zero-order chi connectivity index (χ0) is 45.9. The van der Waals surface area contributed by atoms with Gasteiger partial charge in [-0.3, -0.25) is 0 Å². The molecule has 0 bridgehead atoms. The quantitative estimate of drug-likeness (QED) is 0.177. The van der Waals surface area contributed by atoms with Crippen LogP contribution in [0.5, 0.6) is 0 Å². The molecule has 0 unspecified atom stereocenters. The maximum Gasteiger partial charge on any atom is 0.104 e. The van der Waals surface area contributed by atoms with Gasteiger partial charge in [0.05, 0.1) is 55.7 Å². The van der Waals surface area contributed by atoms with E-state index in [9.17, 15) is 10.5 Å². The van der Waals surface area contributed by atoms with E-state index in [0.29, 0.717) is 28.2 Å². The predicted octanol–water partition coefficient (Wildman–Crippen LogP) is 17.8. The van der Waals surface area contributed by atoms with Crippen molar-refractivity contribution in [3.63, 3.8) is 0 Å². The highest BCUT2D eigenvalue weighted by Crippen LogP contribution is 2.50. The van der Waals surface area contributed by atoms with Crippen LogP contribution in [0.25, 0.3) is 143 Å². The number of benzene rings is 10. The first kappa shape index (κ1) is 38.2. The van der Waals surface area contributed by atoms with Crippen LogP contribution in [0, 0.1) is 22.7 Å². The molecule has 70 heavy (non-hydrogen) atoms. The number of hydrogen-bond acceptors (Lipinski definition) is 5. The average molecular weight is 942 g/mol. The van der Waals surface area contributed by atoms with Crippen molar-refractivity contribution in [1.82, 2.24) is 13.7 Å². The van der Waals surface area contributed by atoms with Crippen LogP contribution >= 0.6 is 34.0 Å². The molecule has 0 aliphatic heterocycles. The monoisotopic (exact) mass is 941 g/mol. The topological polar surface area (TPSA) is 62.4 Å². The molecule has 0 N–H and O–H groups in total. The first-order valence-corrected chi connectivity index (χ1v) is 25.7. The van der Waals surface area contributed by atoms with Gasteiger partial charge in [0, 0.05) is 92.8 Å². The zero-order valence-corrected chi connectivity index (χ0v) is 39.3. The lowest BCUT2D eigenvalue weighted by molar-refractivity contribution is 1.06. The molecule has 10 aromatic carbocycles. The molecule has 0 radical (unpaired) electrons. The van der Waals surface area contributed by atoms with Crippen molar-refractivity contribution in [3.05, 3.63) is 199 Å². The second kappa shape index (κ2) is 13.9. The Morgan fingerprint density at radius 2 is 0.671 bits per heavy atom. The number of rotatable bonds is 3. The Bertz CT molecular complexity index is 5110. The van der Waals surface area contributed by atoms with E-state index in [2.05, 4.69) is 208 Å². The Hall–Kier alpha value is -8.76. The molecular formula is C62H31N5S3. The average Bonchev–Trinajstić information content (AvgIpc) is 4.26.